The van der Waals surface area contributed by atoms with Gasteiger partial charge in [-0.1, -0.05) is 24.3 Å². The van der Waals surface area contributed by atoms with Crippen molar-refractivity contribution in [3.63, 3.8) is 0 Å². The highest BCUT2D eigenvalue weighted by molar-refractivity contribution is 6.76. The van der Waals surface area contributed by atoms with E-state index in [2.05, 4.69) is 123 Å². The number of fused-ring (bicyclic) bond motifs is 3. The molecule has 0 radical (unpaired) electrons. The Bertz CT molecular complexity index is 1540. The lowest BCUT2D eigenvalue weighted by Crippen LogP contribution is -2.64. The molecule has 0 amide bonds. The van der Waals surface area contributed by atoms with Crippen LogP contribution < -0.4 is 10.4 Å². The van der Waals surface area contributed by atoms with Gasteiger partial charge in [-0.2, -0.15) is 0 Å². The molecule has 0 unspecified atom stereocenters. The Kier molecular flexibility index (Phi) is 10.2. The third kappa shape index (κ3) is 8.16. The van der Waals surface area contributed by atoms with E-state index in [0.29, 0.717) is 19.8 Å². The van der Waals surface area contributed by atoms with Crippen LogP contribution in [0.5, 0.6) is 0 Å². The first kappa shape index (κ1) is 34.7. The van der Waals surface area contributed by atoms with Gasteiger partial charge in [0, 0.05) is 30.2 Å². The Labute approximate surface area is 266 Å². The van der Waals surface area contributed by atoms with Crippen molar-refractivity contribution in [2.45, 2.75) is 99.9 Å². The van der Waals surface area contributed by atoms with E-state index in [1.54, 1.807) is 0 Å². The average Bonchev–Trinajstić information content (AvgIpc) is 2.87. The number of hydrogen-bond donors (Lipinski definition) is 0. The van der Waals surface area contributed by atoms with Crippen LogP contribution in [0.1, 0.15) is 83.1 Å². The Morgan fingerprint density at radius 1 is 0.409 bits per heavy atom. The van der Waals surface area contributed by atoms with Gasteiger partial charge in [0.15, 0.2) is 0 Å². The van der Waals surface area contributed by atoms with Crippen LogP contribution in [-0.2, 0) is 26.6 Å². The van der Waals surface area contributed by atoms with E-state index in [0.717, 1.165) is 42.7 Å². The van der Waals surface area contributed by atoms with Gasteiger partial charge in [0.25, 0.3) is 0 Å². The quantitative estimate of drug-likeness (QED) is 0.123. The molecule has 0 aliphatic heterocycles. The predicted octanol–water partition coefficient (Wildman–Crippen LogP) is 7.99. The van der Waals surface area contributed by atoms with Crippen LogP contribution in [0.3, 0.4) is 0 Å². The van der Waals surface area contributed by atoms with Crippen LogP contribution in [0.2, 0.25) is 0 Å². The molecule has 0 N–H and O–H groups in total. The molecule has 0 bridgehead atoms. The molecule has 0 aromatic heterocycles. The van der Waals surface area contributed by atoms with Gasteiger partial charge < -0.3 is 26.6 Å². The summed E-state index contributed by atoms with van der Waals surface area (Å²) in [5.74, 6) is 0. The second-order valence-electron chi connectivity index (χ2n) is 14.2. The van der Waals surface area contributed by atoms with E-state index >= 15 is 0 Å². The lowest BCUT2D eigenvalue weighted by atomic mass is 10.00. The van der Waals surface area contributed by atoms with Gasteiger partial charge in [-0.25, -0.2) is 0 Å². The number of hydrogen-bond acceptors (Lipinski definition) is 6. The summed E-state index contributed by atoms with van der Waals surface area (Å²) in [4.78, 5) is 0. The summed E-state index contributed by atoms with van der Waals surface area (Å²) in [7, 11) is -6.39. The monoisotopic (exact) mass is 636 g/mol. The fourth-order valence-electron chi connectivity index (χ4n) is 5.52. The smallest absolute Gasteiger partial charge is 0.370 e. The first-order valence-corrected chi connectivity index (χ1v) is 19.3. The highest BCUT2D eigenvalue weighted by atomic mass is 28.4. The second-order valence-corrected chi connectivity index (χ2v) is 19.1. The topological polar surface area (TPSA) is 55.4 Å². The van der Waals surface area contributed by atoms with Gasteiger partial charge in [0.05, 0.1) is 16.8 Å². The molecule has 6 nitrogen and oxygen atoms in total. The lowest BCUT2D eigenvalue weighted by Gasteiger charge is -2.43. The Morgan fingerprint density at radius 3 is 1.02 bits per heavy atom. The fourth-order valence-corrected chi connectivity index (χ4v) is 11.6. The average molecular weight is 637 g/mol. The third-order valence-corrected chi connectivity index (χ3v) is 13.5. The standard InChI is InChI=1S/C36H52O6Si2/c1-13-37-43(38-14-2,39-15-3)32-18-16-26-20-29-23-31-25-33(19-17-27(31)21-28(29)22-30(26)24-32)44(40-34(4,5)6,41-35(7,8)9)42-36(10,11)12/h16-25H,13-15H2,1-12H3. The first-order valence-electron chi connectivity index (χ1n) is 15.9. The van der Waals surface area contributed by atoms with E-state index in [1.807, 2.05) is 20.8 Å². The van der Waals surface area contributed by atoms with E-state index in [9.17, 15) is 0 Å². The summed E-state index contributed by atoms with van der Waals surface area (Å²) in [6, 6.07) is 21.9. The van der Waals surface area contributed by atoms with Crippen LogP contribution in [0, 0.1) is 0 Å². The largest absolute Gasteiger partial charge is 0.538 e. The second kappa shape index (κ2) is 12.9. The lowest BCUT2D eigenvalue weighted by molar-refractivity contribution is -0.0655. The van der Waals surface area contributed by atoms with Crippen LogP contribution in [0.4, 0.5) is 0 Å². The molecule has 0 fully saturated rings. The summed E-state index contributed by atoms with van der Waals surface area (Å²) in [5.41, 5.74) is -1.40. The summed E-state index contributed by atoms with van der Waals surface area (Å²) in [6.07, 6.45) is 0. The summed E-state index contributed by atoms with van der Waals surface area (Å²) >= 11 is 0. The van der Waals surface area contributed by atoms with Crippen molar-refractivity contribution in [3.05, 3.63) is 60.7 Å². The van der Waals surface area contributed by atoms with E-state index in [1.165, 1.54) is 0 Å². The maximum atomic E-state index is 6.82. The molecule has 44 heavy (non-hydrogen) atoms. The molecule has 4 aromatic rings. The van der Waals surface area contributed by atoms with Crippen LogP contribution in [0.15, 0.2) is 60.7 Å². The zero-order valence-electron chi connectivity index (χ0n) is 28.8. The molecule has 0 saturated carbocycles. The van der Waals surface area contributed by atoms with Gasteiger partial charge in [-0.05, 0) is 152 Å². The molecular formula is C36H52O6Si2. The summed E-state index contributed by atoms with van der Waals surface area (Å²) in [6.45, 7) is 26.1. The van der Waals surface area contributed by atoms with Gasteiger partial charge in [-0.3, -0.25) is 0 Å². The minimum absolute atomic E-state index is 0.466. The molecular weight excluding hydrogens is 585 g/mol. The highest BCUT2D eigenvalue weighted by Crippen LogP contribution is 2.32. The Hall–Kier alpha value is -2.15. The SMILES string of the molecule is CCO[Si](OCC)(OCC)c1ccc2cc3cc4cc([Si](OC(C)(C)C)(OC(C)(C)C)OC(C)(C)C)ccc4cc3cc2c1. The van der Waals surface area contributed by atoms with Crippen molar-refractivity contribution < 1.29 is 26.6 Å². The molecule has 4 aromatic carbocycles. The molecule has 0 aliphatic rings. The molecule has 8 heteroatoms. The van der Waals surface area contributed by atoms with Crippen LogP contribution in [0.25, 0.3) is 32.3 Å². The normalized spacial score (nSPS) is 13.8. The Balaban J connectivity index is 1.88. The zero-order chi connectivity index (χ0) is 32.6. The number of rotatable bonds is 11. The summed E-state index contributed by atoms with van der Waals surface area (Å²) in [5, 5.41) is 8.81. The predicted molar refractivity (Wildman–Crippen MR) is 187 cm³/mol. The fraction of sp³-hybridized carbons (Fsp3) is 0.500. The minimum Gasteiger partial charge on any atom is -0.370 e. The highest BCUT2D eigenvalue weighted by Gasteiger charge is 2.52. The molecule has 240 valence electrons. The van der Waals surface area contributed by atoms with Crippen LogP contribution in [-0.4, -0.2) is 54.2 Å². The van der Waals surface area contributed by atoms with Gasteiger partial charge in [0.1, 0.15) is 0 Å². The van der Waals surface area contributed by atoms with Gasteiger partial charge >= 0.3 is 17.6 Å². The van der Waals surface area contributed by atoms with Crippen molar-refractivity contribution >= 4 is 60.3 Å². The summed E-state index contributed by atoms with van der Waals surface area (Å²) < 4.78 is 39.0. The molecule has 0 spiro atoms. The molecule has 4 rings (SSSR count). The van der Waals surface area contributed by atoms with Gasteiger partial charge in [-0.15, -0.1) is 0 Å². The molecule has 0 heterocycles. The molecule has 0 atom stereocenters. The maximum absolute atomic E-state index is 6.82. The van der Waals surface area contributed by atoms with Crippen molar-refractivity contribution in [2.24, 2.45) is 0 Å². The molecule has 0 aliphatic carbocycles. The zero-order valence-corrected chi connectivity index (χ0v) is 30.8. The van der Waals surface area contributed by atoms with E-state index in [4.69, 9.17) is 26.6 Å². The van der Waals surface area contributed by atoms with E-state index in [-0.39, 0.29) is 0 Å². The van der Waals surface area contributed by atoms with Crippen LogP contribution >= 0.6 is 0 Å². The van der Waals surface area contributed by atoms with E-state index < -0.39 is 34.4 Å². The minimum atomic E-state index is -3.38. The maximum Gasteiger partial charge on any atom is 0.538 e. The van der Waals surface area contributed by atoms with Crippen molar-refractivity contribution in [3.8, 4) is 0 Å². The third-order valence-electron chi connectivity index (χ3n) is 6.78. The number of benzene rings is 4. The first-order chi connectivity index (χ1) is 20.4. The van der Waals surface area contributed by atoms with Gasteiger partial charge in [0.2, 0.25) is 0 Å². The van der Waals surface area contributed by atoms with Crippen molar-refractivity contribution in [1.29, 1.82) is 0 Å². The molecule has 0 saturated heterocycles. The van der Waals surface area contributed by atoms with Crippen molar-refractivity contribution in [1.82, 2.24) is 0 Å². The Morgan fingerprint density at radius 2 is 0.705 bits per heavy atom. The van der Waals surface area contributed by atoms with Crippen molar-refractivity contribution in [2.75, 3.05) is 19.8 Å².